The van der Waals surface area contributed by atoms with Crippen molar-refractivity contribution >= 4 is 29.3 Å². The largest absolute Gasteiger partial charge is 0.486 e. The predicted octanol–water partition coefficient (Wildman–Crippen LogP) is 3.15. The summed E-state index contributed by atoms with van der Waals surface area (Å²) < 4.78 is 15.5. The minimum atomic E-state index is -0.533. The quantitative estimate of drug-likeness (QED) is 0.819. The van der Waals surface area contributed by atoms with Crippen molar-refractivity contribution in [1.29, 1.82) is 0 Å². The molecule has 0 radical (unpaired) electrons. The number of methoxy groups -OCH3 is 1. The molecule has 1 aliphatic rings. The van der Waals surface area contributed by atoms with E-state index in [-0.39, 0.29) is 12.3 Å². The zero-order chi connectivity index (χ0) is 19.2. The van der Waals surface area contributed by atoms with Gasteiger partial charge in [-0.15, -0.1) is 0 Å². The molecular formula is C19H19ClN2O5. The lowest BCUT2D eigenvalue weighted by atomic mass is 10.1. The van der Waals surface area contributed by atoms with E-state index in [1.54, 1.807) is 24.3 Å². The van der Waals surface area contributed by atoms with E-state index in [2.05, 4.69) is 15.4 Å². The lowest BCUT2D eigenvalue weighted by Crippen LogP contribution is -2.24. The van der Waals surface area contributed by atoms with Gasteiger partial charge in [0, 0.05) is 12.2 Å². The highest BCUT2D eigenvalue weighted by molar-refractivity contribution is 6.32. The number of ether oxygens (including phenoxy) is 3. The normalized spacial score (nSPS) is 12.2. The van der Waals surface area contributed by atoms with Gasteiger partial charge in [0.2, 0.25) is 5.91 Å². The number of hydrogen-bond acceptors (Lipinski definition) is 5. The van der Waals surface area contributed by atoms with Crippen LogP contribution >= 0.6 is 11.6 Å². The van der Waals surface area contributed by atoms with Crippen LogP contribution in [0.25, 0.3) is 0 Å². The molecule has 0 spiro atoms. The van der Waals surface area contributed by atoms with E-state index in [1.165, 1.54) is 7.11 Å². The summed E-state index contributed by atoms with van der Waals surface area (Å²) in [6.45, 7) is 1.29. The maximum Gasteiger partial charge on any atom is 0.411 e. The lowest BCUT2D eigenvalue weighted by Gasteiger charge is -2.20. The first-order chi connectivity index (χ1) is 13.0. The van der Waals surface area contributed by atoms with Crippen LogP contribution in [0.3, 0.4) is 0 Å². The highest BCUT2D eigenvalue weighted by Gasteiger charge is 2.17. The van der Waals surface area contributed by atoms with Crippen LogP contribution < -0.4 is 20.1 Å². The topological polar surface area (TPSA) is 85.9 Å². The van der Waals surface area contributed by atoms with E-state index >= 15 is 0 Å². The van der Waals surface area contributed by atoms with Crippen LogP contribution in [0.5, 0.6) is 11.5 Å². The minimum absolute atomic E-state index is 0.139. The fourth-order valence-electron chi connectivity index (χ4n) is 2.59. The number of hydrogen-bond donors (Lipinski definition) is 2. The number of carbonyl (C=O) groups is 2. The average Bonchev–Trinajstić information content (AvgIpc) is 2.67. The number of halogens is 1. The molecule has 0 saturated heterocycles. The lowest BCUT2D eigenvalue weighted by molar-refractivity contribution is -0.120. The van der Waals surface area contributed by atoms with Gasteiger partial charge in [0.15, 0.2) is 11.5 Å². The van der Waals surface area contributed by atoms with Gasteiger partial charge in [0.05, 0.1) is 18.6 Å². The van der Waals surface area contributed by atoms with Crippen molar-refractivity contribution in [3.8, 4) is 11.5 Å². The Kier molecular flexibility index (Phi) is 6.03. The molecule has 3 rings (SSSR count). The summed E-state index contributed by atoms with van der Waals surface area (Å²) in [6, 6.07) is 10.6. The highest BCUT2D eigenvalue weighted by atomic mass is 35.5. The summed E-state index contributed by atoms with van der Waals surface area (Å²) >= 11 is 6.19. The van der Waals surface area contributed by atoms with Gasteiger partial charge in [-0.1, -0.05) is 23.7 Å². The van der Waals surface area contributed by atoms with Crippen molar-refractivity contribution in [3.63, 3.8) is 0 Å². The number of amides is 2. The summed E-state index contributed by atoms with van der Waals surface area (Å²) in [6.07, 6.45) is -0.354. The van der Waals surface area contributed by atoms with Crippen molar-refractivity contribution in [2.24, 2.45) is 0 Å². The van der Waals surface area contributed by atoms with E-state index in [9.17, 15) is 9.59 Å². The Labute approximate surface area is 161 Å². The first-order valence-electron chi connectivity index (χ1n) is 8.34. The van der Waals surface area contributed by atoms with Gasteiger partial charge in [-0.2, -0.15) is 0 Å². The number of benzene rings is 2. The number of carbonyl (C=O) groups excluding carboxylic acids is 2. The van der Waals surface area contributed by atoms with Gasteiger partial charge in [-0.3, -0.25) is 10.1 Å². The van der Waals surface area contributed by atoms with Crippen molar-refractivity contribution in [2.45, 2.75) is 13.0 Å². The van der Waals surface area contributed by atoms with Crippen LogP contribution in [-0.2, 0) is 22.5 Å². The Morgan fingerprint density at radius 3 is 2.59 bits per heavy atom. The van der Waals surface area contributed by atoms with Crippen molar-refractivity contribution in [3.05, 3.63) is 52.5 Å². The molecule has 2 amide bonds. The molecule has 142 valence electrons. The molecular weight excluding hydrogens is 372 g/mol. The third-order valence-electron chi connectivity index (χ3n) is 3.90. The number of nitrogens with one attached hydrogen (secondary N) is 2. The van der Waals surface area contributed by atoms with Gasteiger partial charge in [-0.05, 0) is 35.4 Å². The molecule has 2 aromatic rings. The molecule has 0 saturated carbocycles. The molecule has 0 atom stereocenters. The second-order valence-corrected chi connectivity index (χ2v) is 6.28. The van der Waals surface area contributed by atoms with Crippen LogP contribution in [0.15, 0.2) is 36.4 Å². The third-order valence-corrected chi connectivity index (χ3v) is 4.18. The molecule has 2 aromatic carbocycles. The molecule has 1 aliphatic heterocycles. The van der Waals surface area contributed by atoms with E-state index in [4.69, 9.17) is 21.1 Å². The fourth-order valence-corrected chi connectivity index (χ4v) is 2.88. The molecule has 2 N–H and O–H groups in total. The summed E-state index contributed by atoms with van der Waals surface area (Å²) in [5, 5.41) is 5.85. The molecule has 27 heavy (non-hydrogen) atoms. The Balaban J connectivity index is 1.54. The van der Waals surface area contributed by atoms with Gasteiger partial charge in [0.1, 0.15) is 13.2 Å². The number of anilines is 1. The van der Waals surface area contributed by atoms with Crippen LogP contribution in [-0.4, -0.2) is 32.3 Å². The second kappa shape index (κ2) is 8.64. The summed E-state index contributed by atoms with van der Waals surface area (Å²) in [4.78, 5) is 23.4. The van der Waals surface area contributed by atoms with Gasteiger partial charge < -0.3 is 19.5 Å². The van der Waals surface area contributed by atoms with Gasteiger partial charge in [0.25, 0.3) is 0 Å². The monoisotopic (exact) mass is 390 g/mol. The molecule has 0 fully saturated rings. The van der Waals surface area contributed by atoms with Crippen LogP contribution in [0.1, 0.15) is 11.1 Å². The van der Waals surface area contributed by atoms with E-state index in [0.29, 0.717) is 42.0 Å². The fraction of sp³-hybridized carbons (Fsp3) is 0.263. The van der Waals surface area contributed by atoms with Crippen LogP contribution in [0.4, 0.5) is 10.5 Å². The number of rotatable bonds is 5. The molecule has 1 heterocycles. The third kappa shape index (κ3) is 5.04. The molecule has 7 nitrogen and oxygen atoms in total. The van der Waals surface area contributed by atoms with Crippen molar-refractivity contribution in [1.82, 2.24) is 5.32 Å². The minimum Gasteiger partial charge on any atom is -0.486 e. The predicted molar refractivity (Wildman–Crippen MR) is 100 cm³/mol. The first-order valence-corrected chi connectivity index (χ1v) is 8.71. The highest BCUT2D eigenvalue weighted by Crippen LogP contribution is 2.38. The Bertz CT molecular complexity index is 839. The maximum atomic E-state index is 12.2. The smallest absolute Gasteiger partial charge is 0.411 e. The average molecular weight is 391 g/mol. The molecule has 0 aliphatic carbocycles. The van der Waals surface area contributed by atoms with Crippen LogP contribution in [0, 0.1) is 0 Å². The van der Waals surface area contributed by atoms with Crippen LogP contribution in [0.2, 0.25) is 5.02 Å². The molecule has 0 aromatic heterocycles. The maximum absolute atomic E-state index is 12.2. The molecule has 8 heteroatoms. The zero-order valence-electron chi connectivity index (χ0n) is 14.7. The SMILES string of the molecule is COC(=O)Nc1ccc(CNC(=O)Cc2cc(Cl)c3c(c2)OCCO3)cc1. The van der Waals surface area contributed by atoms with Crippen molar-refractivity contribution in [2.75, 3.05) is 25.6 Å². The summed E-state index contributed by atoms with van der Waals surface area (Å²) in [5.74, 6) is 0.942. The summed E-state index contributed by atoms with van der Waals surface area (Å²) in [5.41, 5.74) is 2.26. The zero-order valence-corrected chi connectivity index (χ0v) is 15.5. The van der Waals surface area contributed by atoms with Gasteiger partial charge >= 0.3 is 6.09 Å². The standard InChI is InChI=1S/C19H19ClN2O5/c1-25-19(24)22-14-4-2-12(3-5-14)11-21-17(23)10-13-8-15(20)18-16(9-13)26-6-7-27-18/h2-5,8-9H,6-7,10-11H2,1H3,(H,21,23)(H,22,24). The van der Waals surface area contributed by atoms with E-state index < -0.39 is 6.09 Å². The number of fused-ring (bicyclic) bond motifs is 1. The Morgan fingerprint density at radius 1 is 1.11 bits per heavy atom. The molecule has 0 unspecified atom stereocenters. The van der Waals surface area contributed by atoms with Gasteiger partial charge in [-0.25, -0.2) is 4.79 Å². The first kappa shape index (κ1) is 18.8. The van der Waals surface area contributed by atoms with Crippen molar-refractivity contribution < 1.29 is 23.8 Å². The second-order valence-electron chi connectivity index (χ2n) is 5.87. The van der Waals surface area contributed by atoms with E-state index in [1.807, 2.05) is 12.1 Å². The van der Waals surface area contributed by atoms with E-state index in [0.717, 1.165) is 11.1 Å². The Hall–Kier alpha value is -2.93. The summed E-state index contributed by atoms with van der Waals surface area (Å²) in [7, 11) is 1.30. The molecule has 0 bridgehead atoms. The Morgan fingerprint density at radius 2 is 1.85 bits per heavy atom.